The molecule has 0 aromatic heterocycles. The first-order valence-corrected chi connectivity index (χ1v) is 8.06. The zero-order chi connectivity index (χ0) is 18.2. The summed E-state index contributed by atoms with van der Waals surface area (Å²) in [6.07, 6.45) is 3.40. The van der Waals surface area contributed by atoms with Crippen molar-refractivity contribution >= 4 is 6.29 Å². The van der Waals surface area contributed by atoms with Crippen LogP contribution in [-0.4, -0.2) is 34.7 Å². The highest BCUT2D eigenvalue weighted by atomic mass is 16.5. The summed E-state index contributed by atoms with van der Waals surface area (Å²) in [5.41, 5.74) is 1.95. The Labute approximate surface area is 170 Å². The van der Waals surface area contributed by atoms with E-state index in [2.05, 4.69) is 12.1 Å². The van der Waals surface area contributed by atoms with Crippen molar-refractivity contribution in [3.63, 3.8) is 0 Å². The molecule has 1 fully saturated rings. The number of carbonyl (C=O) groups excluding carboxylic acids is 1. The number of rotatable bonds is 6. The summed E-state index contributed by atoms with van der Waals surface area (Å²) in [5.74, 6) is 3.61. The molecule has 0 N–H and O–H groups in total. The van der Waals surface area contributed by atoms with Crippen LogP contribution in [0.15, 0.2) is 36.4 Å². The number of ether oxygens (including phenoxy) is 4. The quantitative estimate of drug-likeness (QED) is 0.564. The zero-order valence-corrected chi connectivity index (χ0v) is 15.1. The standard InChI is InChI=1S/C11H14O2.C9H10O3.3CH4/c1-12-10-6-5-9(8-3-4-8)7-11(10)13-2;1-11-8-4-3-7(6-10)5-9(8)12-2;;;/h5-8H,3-4H2,1-2H3;3-6H,1-2H3;3*1H4. The van der Waals surface area contributed by atoms with Crippen molar-refractivity contribution in [3.8, 4) is 23.0 Å². The van der Waals surface area contributed by atoms with Crippen LogP contribution in [-0.2, 0) is 0 Å². The third kappa shape index (κ3) is 7.14. The molecule has 1 saturated carbocycles. The molecule has 5 heteroatoms. The summed E-state index contributed by atoms with van der Waals surface area (Å²) in [6.45, 7) is 0. The monoisotopic (exact) mass is 392 g/mol. The number of hydrogen-bond donors (Lipinski definition) is 0. The molecule has 1 aliphatic carbocycles. The van der Waals surface area contributed by atoms with Gasteiger partial charge in [0.2, 0.25) is 0 Å². The largest absolute Gasteiger partial charge is 0.493 e. The first-order chi connectivity index (χ1) is 12.2. The third-order valence-corrected chi connectivity index (χ3v) is 4.00. The van der Waals surface area contributed by atoms with Crippen LogP contribution in [0.3, 0.4) is 0 Å². The fraction of sp³-hybridized carbons (Fsp3) is 0.435. The van der Waals surface area contributed by atoms with Crippen LogP contribution in [0.5, 0.6) is 23.0 Å². The van der Waals surface area contributed by atoms with E-state index in [0.29, 0.717) is 17.1 Å². The Bertz CT molecular complexity index is 708. The van der Waals surface area contributed by atoms with Crippen LogP contribution in [0.25, 0.3) is 0 Å². The van der Waals surface area contributed by atoms with Gasteiger partial charge in [-0.1, -0.05) is 28.3 Å². The normalized spacial score (nSPS) is 11.1. The van der Waals surface area contributed by atoms with E-state index >= 15 is 0 Å². The summed E-state index contributed by atoms with van der Waals surface area (Å²) in [6, 6.07) is 11.2. The van der Waals surface area contributed by atoms with Gasteiger partial charge in [0.1, 0.15) is 6.29 Å². The average molecular weight is 393 g/mol. The molecule has 0 spiro atoms. The van der Waals surface area contributed by atoms with Gasteiger partial charge in [0.25, 0.3) is 0 Å². The second-order valence-corrected chi connectivity index (χ2v) is 5.62. The van der Waals surface area contributed by atoms with Crippen LogP contribution in [0.2, 0.25) is 0 Å². The minimum Gasteiger partial charge on any atom is -0.493 e. The van der Waals surface area contributed by atoms with Crippen molar-refractivity contribution < 1.29 is 23.7 Å². The maximum Gasteiger partial charge on any atom is 0.161 e. The molecule has 28 heavy (non-hydrogen) atoms. The first kappa shape index (κ1) is 27.5. The lowest BCUT2D eigenvalue weighted by molar-refractivity contribution is 0.112. The number of methoxy groups -OCH3 is 4. The molecule has 1 aliphatic rings. The lowest BCUT2D eigenvalue weighted by atomic mass is 10.1. The van der Waals surface area contributed by atoms with Crippen LogP contribution in [0.1, 0.15) is 57.0 Å². The fourth-order valence-corrected chi connectivity index (χ4v) is 2.45. The smallest absolute Gasteiger partial charge is 0.161 e. The molecule has 0 amide bonds. The molecule has 0 aliphatic heterocycles. The Hall–Kier alpha value is -2.69. The second-order valence-electron chi connectivity index (χ2n) is 5.62. The lowest BCUT2D eigenvalue weighted by Crippen LogP contribution is -1.91. The summed E-state index contributed by atoms with van der Waals surface area (Å²) >= 11 is 0. The van der Waals surface area contributed by atoms with Crippen molar-refractivity contribution in [1.29, 1.82) is 0 Å². The van der Waals surface area contributed by atoms with Gasteiger partial charge in [-0.15, -0.1) is 0 Å². The number of carbonyl (C=O) groups is 1. The Morgan fingerprint density at radius 2 is 1.18 bits per heavy atom. The predicted molar refractivity (Wildman–Crippen MR) is 117 cm³/mol. The molecular weight excluding hydrogens is 356 g/mol. The molecular formula is C23H36O5. The third-order valence-electron chi connectivity index (χ3n) is 4.00. The van der Waals surface area contributed by atoms with Gasteiger partial charge >= 0.3 is 0 Å². The van der Waals surface area contributed by atoms with E-state index in [9.17, 15) is 4.79 Å². The second kappa shape index (κ2) is 13.5. The van der Waals surface area contributed by atoms with Crippen molar-refractivity contribution in [1.82, 2.24) is 0 Å². The van der Waals surface area contributed by atoms with E-state index in [1.165, 1.54) is 25.5 Å². The highest BCUT2D eigenvalue weighted by molar-refractivity contribution is 5.76. The average Bonchev–Trinajstić information content (AvgIpc) is 3.52. The molecule has 0 bridgehead atoms. The van der Waals surface area contributed by atoms with Gasteiger partial charge in [-0.2, -0.15) is 0 Å². The van der Waals surface area contributed by atoms with Crippen LogP contribution >= 0.6 is 0 Å². The minimum absolute atomic E-state index is 0. The van der Waals surface area contributed by atoms with Gasteiger partial charge in [-0.3, -0.25) is 4.79 Å². The lowest BCUT2D eigenvalue weighted by Gasteiger charge is -2.08. The number of aldehydes is 1. The molecule has 3 rings (SSSR count). The molecule has 0 unspecified atom stereocenters. The van der Waals surface area contributed by atoms with Crippen LogP contribution in [0, 0.1) is 0 Å². The molecule has 2 aromatic carbocycles. The topological polar surface area (TPSA) is 54.0 Å². The zero-order valence-electron chi connectivity index (χ0n) is 15.1. The van der Waals surface area contributed by atoms with E-state index in [1.54, 1.807) is 39.5 Å². The number of hydrogen-bond acceptors (Lipinski definition) is 5. The predicted octanol–water partition coefficient (Wildman–Crippen LogP) is 6.01. The molecule has 158 valence electrons. The highest BCUT2D eigenvalue weighted by Crippen LogP contribution is 2.42. The van der Waals surface area contributed by atoms with Gasteiger partial charge in [0.15, 0.2) is 23.0 Å². The maximum atomic E-state index is 10.4. The van der Waals surface area contributed by atoms with E-state index in [1.807, 2.05) is 6.07 Å². The molecule has 0 saturated heterocycles. The Morgan fingerprint density at radius 3 is 1.61 bits per heavy atom. The maximum absolute atomic E-state index is 10.4. The van der Waals surface area contributed by atoms with E-state index in [-0.39, 0.29) is 22.3 Å². The number of benzene rings is 2. The van der Waals surface area contributed by atoms with Crippen molar-refractivity contribution in [2.45, 2.75) is 41.0 Å². The summed E-state index contributed by atoms with van der Waals surface area (Å²) in [4.78, 5) is 10.4. The Balaban J connectivity index is 0. The van der Waals surface area contributed by atoms with E-state index in [0.717, 1.165) is 23.7 Å². The van der Waals surface area contributed by atoms with Gasteiger partial charge in [-0.25, -0.2) is 0 Å². The molecule has 5 nitrogen and oxygen atoms in total. The van der Waals surface area contributed by atoms with Gasteiger partial charge in [0, 0.05) is 5.56 Å². The fourth-order valence-electron chi connectivity index (χ4n) is 2.45. The molecule has 0 heterocycles. The van der Waals surface area contributed by atoms with Crippen LogP contribution < -0.4 is 18.9 Å². The summed E-state index contributed by atoms with van der Waals surface area (Å²) in [5, 5.41) is 0. The van der Waals surface area contributed by atoms with Gasteiger partial charge in [0.05, 0.1) is 28.4 Å². The molecule has 0 radical (unpaired) electrons. The van der Waals surface area contributed by atoms with Crippen molar-refractivity contribution in [3.05, 3.63) is 47.5 Å². The first-order valence-electron chi connectivity index (χ1n) is 8.06. The summed E-state index contributed by atoms with van der Waals surface area (Å²) < 4.78 is 20.4. The SMILES string of the molecule is C.C.C.COc1ccc(C2CC2)cc1OC.COc1ccc(C=O)cc1OC. The minimum atomic E-state index is 0. The molecule has 0 atom stereocenters. The Morgan fingerprint density at radius 1 is 0.714 bits per heavy atom. The van der Waals surface area contributed by atoms with Crippen molar-refractivity contribution in [2.24, 2.45) is 0 Å². The Kier molecular flexibility index (Phi) is 13.2. The molecule has 2 aromatic rings. The summed E-state index contributed by atoms with van der Waals surface area (Å²) in [7, 11) is 6.42. The van der Waals surface area contributed by atoms with E-state index in [4.69, 9.17) is 18.9 Å². The van der Waals surface area contributed by atoms with Gasteiger partial charge in [-0.05, 0) is 54.7 Å². The highest BCUT2D eigenvalue weighted by Gasteiger charge is 2.24. The van der Waals surface area contributed by atoms with Crippen LogP contribution in [0.4, 0.5) is 0 Å². The van der Waals surface area contributed by atoms with Crippen molar-refractivity contribution in [2.75, 3.05) is 28.4 Å². The van der Waals surface area contributed by atoms with Gasteiger partial charge < -0.3 is 18.9 Å². The van der Waals surface area contributed by atoms with E-state index < -0.39 is 0 Å².